The minimum atomic E-state index is -3.96. The maximum Gasteiger partial charge on any atom is 0.325 e. The predicted octanol–water partition coefficient (Wildman–Crippen LogP) is -0.568. The SMILES string of the molecule is NC1(C(=O)O)CCCN(CCCP(=O)(O)O)C1. The van der Waals surface area contributed by atoms with Crippen molar-refractivity contribution in [3.63, 3.8) is 0 Å². The third-order valence-electron chi connectivity index (χ3n) is 2.95. The Morgan fingerprint density at radius 2 is 2.12 bits per heavy atom. The lowest BCUT2D eigenvalue weighted by molar-refractivity contribution is -0.145. The summed E-state index contributed by atoms with van der Waals surface area (Å²) in [5.41, 5.74) is 4.53. The molecule has 17 heavy (non-hydrogen) atoms. The first-order chi connectivity index (χ1) is 7.73. The van der Waals surface area contributed by atoms with Gasteiger partial charge in [-0.2, -0.15) is 0 Å². The molecule has 7 nitrogen and oxygen atoms in total. The molecule has 0 aromatic heterocycles. The van der Waals surface area contributed by atoms with E-state index in [9.17, 15) is 9.36 Å². The number of nitrogens with zero attached hydrogens (tertiary/aromatic N) is 1. The zero-order valence-electron chi connectivity index (χ0n) is 9.58. The van der Waals surface area contributed by atoms with Crippen molar-refractivity contribution in [2.75, 3.05) is 25.8 Å². The lowest BCUT2D eigenvalue weighted by Gasteiger charge is -2.37. The van der Waals surface area contributed by atoms with Crippen LogP contribution in [0.25, 0.3) is 0 Å². The van der Waals surface area contributed by atoms with E-state index in [4.69, 9.17) is 20.6 Å². The molecule has 1 rings (SSSR count). The summed E-state index contributed by atoms with van der Waals surface area (Å²) in [4.78, 5) is 30.3. The van der Waals surface area contributed by atoms with Crippen molar-refractivity contribution in [3.8, 4) is 0 Å². The van der Waals surface area contributed by atoms with Crippen molar-refractivity contribution in [1.29, 1.82) is 0 Å². The van der Waals surface area contributed by atoms with Gasteiger partial charge in [0.15, 0.2) is 0 Å². The number of nitrogens with two attached hydrogens (primary N) is 1. The lowest BCUT2D eigenvalue weighted by atomic mass is 9.90. The molecule has 1 aliphatic rings. The number of likely N-dealkylation sites (tertiary alicyclic amines) is 1. The summed E-state index contributed by atoms with van der Waals surface area (Å²) >= 11 is 0. The van der Waals surface area contributed by atoms with Gasteiger partial charge in [0, 0.05) is 6.54 Å². The molecule has 1 aliphatic heterocycles. The maximum absolute atomic E-state index is 11.0. The summed E-state index contributed by atoms with van der Waals surface area (Å²) in [6, 6.07) is 0. The van der Waals surface area contributed by atoms with Crippen molar-refractivity contribution in [2.24, 2.45) is 5.73 Å². The van der Waals surface area contributed by atoms with E-state index in [1.807, 2.05) is 4.90 Å². The Bertz CT molecular complexity index is 331. The van der Waals surface area contributed by atoms with Crippen LogP contribution in [-0.4, -0.2) is 57.1 Å². The number of hydrogen-bond acceptors (Lipinski definition) is 4. The third-order valence-corrected chi connectivity index (χ3v) is 3.85. The van der Waals surface area contributed by atoms with Gasteiger partial charge in [0.2, 0.25) is 0 Å². The molecule has 1 unspecified atom stereocenters. The molecule has 0 bridgehead atoms. The van der Waals surface area contributed by atoms with Gasteiger partial charge in [0.25, 0.3) is 0 Å². The second kappa shape index (κ2) is 5.46. The van der Waals surface area contributed by atoms with Crippen LogP contribution in [0.3, 0.4) is 0 Å². The van der Waals surface area contributed by atoms with E-state index in [-0.39, 0.29) is 12.7 Å². The first-order valence-electron chi connectivity index (χ1n) is 5.52. The highest BCUT2D eigenvalue weighted by molar-refractivity contribution is 7.51. The van der Waals surface area contributed by atoms with Gasteiger partial charge in [0.1, 0.15) is 5.54 Å². The summed E-state index contributed by atoms with van der Waals surface area (Å²) < 4.78 is 10.7. The smallest absolute Gasteiger partial charge is 0.325 e. The second-order valence-corrected chi connectivity index (χ2v) is 6.36. The van der Waals surface area contributed by atoms with Gasteiger partial charge in [-0.25, -0.2) is 0 Å². The highest BCUT2D eigenvalue weighted by atomic mass is 31.2. The van der Waals surface area contributed by atoms with Crippen LogP contribution >= 0.6 is 7.60 Å². The van der Waals surface area contributed by atoms with Gasteiger partial charge in [-0.05, 0) is 32.4 Å². The topological polar surface area (TPSA) is 124 Å². The van der Waals surface area contributed by atoms with Gasteiger partial charge >= 0.3 is 13.6 Å². The van der Waals surface area contributed by atoms with Crippen LogP contribution in [0.5, 0.6) is 0 Å². The maximum atomic E-state index is 11.0. The van der Waals surface area contributed by atoms with Gasteiger partial charge < -0.3 is 25.5 Å². The quantitative estimate of drug-likeness (QED) is 0.491. The summed E-state index contributed by atoms with van der Waals surface area (Å²) in [5.74, 6) is -1.02. The fourth-order valence-corrected chi connectivity index (χ4v) is 2.59. The molecule has 1 heterocycles. The molecule has 1 atom stereocenters. The average Bonchev–Trinajstić information content (AvgIpc) is 2.15. The van der Waals surface area contributed by atoms with Gasteiger partial charge in [0.05, 0.1) is 6.16 Å². The normalized spacial score (nSPS) is 27.0. The van der Waals surface area contributed by atoms with Crippen molar-refractivity contribution in [2.45, 2.75) is 24.8 Å². The van der Waals surface area contributed by atoms with E-state index in [0.29, 0.717) is 25.8 Å². The Hall–Kier alpha value is -0.460. The molecule has 5 N–H and O–H groups in total. The van der Waals surface area contributed by atoms with Crippen molar-refractivity contribution in [1.82, 2.24) is 4.90 Å². The highest BCUT2D eigenvalue weighted by Gasteiger charge is 2.38. The highest BCUT2D eigenvalue weighted by Crippen LogP contribution is 2.35. The number of carboxylic acids is 1. The molecular formula is C9H19N2O5P. The lowest BCUT2D eigenvalue weighted by Crippen LogP contribution is -2.59. The zero-order valence-corrected chi connectivity index (χ0v) is 10.5. The molecule has 100 valence electrons. The molecule has 8 heteroatoms. The van der Waals surface area contributed by atoms with Crippen LogP contribution in [0, 0.1) is 0 Å². The monoisotopic (exact) mass is 266 g/mol. The summed E-state index contributed by atoms with van der Waals surface area (Å²) in [6.45, 7) is 1.44. The van der Waals surface area contributed by atoms with E-state index in [2.05, 4.69) is 0 Å². The Balaban J connectivity index is 2.40. The summed E-state index contributed by atoms with van der Waals surface area (Å²) in [7, 11) is -3.96. The molecular weight excluding hydrogens is 247 g/mol. The fraction of sp³-hybridized carbons (Fsp3) is 0.889. The summed E-state index contributed by atoms with van der Waals surface area (Å²) in [5, 5.41) is 8.99. The molecule has 0 amide bonds. The van der Waals surface area contributed by atoms with Crippen LogP contribution in [-0.2, 0) is 9.36 Å². The number of carbonyl (C=O) groups is 1. The van der Waals surface area contributed by atoms with Crippen LogP contribution < -0.4 is 5.73 Å². The van der Waals surface area contributed by atoms with Crippen LogP contribution in [0.4, 0.5) is 0 Å². The first kappa shape index (κ1) is 14.6. The molecule has 1 saturated heterocycles. The van der Waals surface area contributed by atoms with Crippen molar-refractivity contribution < 1.29 is 24.3 Å². The van der Waals surface area contributed by atoms with E-state index in [0.717, 1.165) is 6.54 Å². The average molecular weight is 266 g/mol. The van der Waals surface area contributed by atoms with Crippen LogP contribution in [0.15, 0.2) is 0 Å². The van der Waals surface area contributed by atoms with Gasteiger partial charge in [-0.3, -0.25) is 9.36 Å². The minimum Gasteiger partial charge on any atom is -0.480 e. The fourth-order valence-electron chi connectivity index (χ4n) is 2.04. The minimum absolute atomic E-state index is 0.172. The molecule has 0 spiro atoms. The Kier molecular flexibility index (Phi) is 4.69. The number of carboxylic acid groups (broad SMARTS) is 1. The summed E-state index contributed by atoms with van der Waals surface area (Å²) in [6.07, 6.45) is 1.31. The van der Waals surface area contributed by atoms with Crippen molar-refractivity contribution in [3.05, 3.63) is 0 Å². The van der Waals surface area contributed by atoms with Gasteiger partial charge in [-0.1, -0.05) is 0 Å². The second-order valence-electron chi connectivity index (χ2n) is 4.58. The van der Waals surface area contributed by atoms with E-state index >= 15 is 0 Å². The Morgan fingerprint density at radius 1 is 1.47 bits per heavy atom. The first-order valence-corrected chi connectivity index (χ1v) is 7.32. The number of rotatable bonds is 5. The Morgan fingerprint density at radius 3 is 2.65 bits per heavy atom. The van der Waals surface area contributed by atoms with Crippen molar-refractivity contribution >= 4 is 13.6 Å². The number of hydrogen-bond donors (Lipinski definition) is 4. The van der Waals surface area contributed by atoms with E-state index in [1.165, 1.54) is 0 Å². The van der Waals surface area contributed by atoms with Crippen LogP contribution in [0.2, 0.25) is 0 Å². The number of piperidine rings is 1. The largest absolute Gasteiger partial charge is 0.480 e. The zero-order chi connectivity index (χ0) is 13.1. The molecule has 0 saturated carbocycles. The number of aliphatic carboxylic acids is 1. The molecule has 0 aromatic carbocycles. The Labute approximate surface area is 99.8 Å². The molecule has 0 radical (unpaired) electrons. The predicted molar refractivity (Wildman–Crippen MR) is 61.8 cm³/mol. The van der Waals surface area contributed by atoms with E-state index in [1.54, 1.807) is 0 Å². The van der Waals surface area contributed by atoms with Crippen LogP contribution in [0.1, 0.15) is 19.3 Å². The third kappa shape index (κ3) is 4.73. The van der Waals surface area contributed by atoms with E-state index < -0.39 is 19.1 Å². The molecule has 1 fully saturated rings. The van der Waals surface area contributed by atoms with Gasteiger partial charge in [-0.15, -0.1) is 0 Å². The standard InChI is InChI=1S/C9H19N2O5P/c10-9(8(12)13)3-1-4-11(7-9)5-2-6-17(14,15)16/h1-7,10H2,(H,12,13)(H2,14,15,16). The molecule has 0 aliphatic carbocycles. The molecule has 0 aromatic rings.